The third-order valence-electron chi connectivity index (χ3n) is 4.97. The summed E-state index contributed by atoms with van der Waals surface area (Å²) in [5, 5.41) is 1.14. The number of Topliss-reactive ketones (excluding diaryl/α,β-unsaturated/α-hetero) is 1. The summed E-state index contributed by atoms with van der Waals surface area (Å²) >= 11 is 0. The molecule has 0 aliphatic rings. The second-order valence-corrected chi connectivity index (χ2v) is 6.90. The lowest BCUT2D eigenvalue weighted by Crippen LogP contribution is -2.03. The van der Waals surface area contributed by atoms with Crippen molar-refractivity contribution < 1.29 is 4.79 Å². The van der Waals surface area contributed by atoms with Gasteiger partial charge in [-0.2, -0.15) is 0 Å². The number of nitrogens with zero attached hydrogens (tertiary/aromatic N) is 4. The first-order valence-corrected chi connectivity index (χ1v) is 9.15. The first kappa shape index (κ1) is 16.4. The smallest absolute Gasteiger partial charge is 0.178 e. The van der Waals surface area contributed by atoms with Crippen LogP contribution in [0, 0.1) is 6.92 Å². The second kappa shape index (κ2) is 6.16. The number of carbonyl (C=O) groups excluding carboxylic acids is 1. The summed E-state index contributed by atoms with van der Waals surface area (Å²) in [4.78, 5) is 21.0. The van der Waals surface area contributed by atoms with Gasteiger partial charge in [0.1, 0.15) is 11.3 Å². The fourth-order valence-corrected chi connectivity index (χ4v) is 3.67. The van der Waals surface area contributed by atoms with Crippen molar-refractivity contribution in [3.05, 3.63) is 84.4 Å². The minimum atomic E-state index is -0.0115. The molecule has 1 aromatic carbocycles. The Kier molecular flexibility index (Phi) is 3.62. The highest BCUT2D eigenvalue weighted by Crippen LogP contribution is 2.31. The quantitative estimate of drug-likeness (QED) is 0.429. The number of para-hydroxylation sites is 1. The van der Waals surface area contributed by atoms with Gasteiger partial charge in [-0.25, -0.2) is 4.98 Å². The summed E-state index contributed by atoms with van der Waals surface area (Å²) in [6.45, 7) is 3.55. The molecule has 5 aromatic rings. The zero-order valence-corrected chi connectivity index (χ0v) is 15.6. The van der Waals surface area contributed by atoms with E-state index in [1.54, 1.807) is 13.1 Å². The van der Waals surface area contributed by atoms with Gasteiger partial charge in [-0.15, -0.1) is 0 Å². The van der Waals surface area contributed by atoms with Crippen LogP contribution in [0.1, 0.15) is 23.1 Å². The van der Waals surface area contributed by atoms with Crippen LogP contribution >= 0.6 is 0 Å². The Morgan fingerprint density at radius 3 is 2.68 bits per heavy atom. The molecule has 0 fully saturated rings. The molecular formula is C23H18N4O. The maximum absolute atomic E-state index is 12.0. The van der Waals surface area contributed by atoms with Gasteiger partial charge in [-0.05, 0) is 43.3 Å². The standard InChI is InChI=1S/C23H18N4O/c1-15-6-5-8-19(25-15)21-12-17-7-3-4-9-20(17)27(21)18-10-11-23-24-13-22(16(2)28)26(23)14-18/h3-14H,1-2H3. The summed E-state index contributed by atoms with van der Waals surface area (Å²) in [5.41, 5.74) is 6.25. The minimum Gasteiger partial charge on any atom is -0.306 e. The fourth-order valence-electron chi connectivity index (χ4n) is 3.67. The molecule has 0 N–H and O–H groups in total. The van der Waals surface area contributed by atoms with E-state index < -0.39 is 0 Å². The predicted molar refractivity (Wildman–Crippen MR) is 110 cm³/mol. The average Bonchev–Trinajstić information content (AvgIpc) is 3.29. The Labute approximate surface area is 161 Å². The van der Waals surface area contributed by atoms with Crippen LogP contribution < -0.4 is 0 Å². The molecule has 0 unspecified atom stereocenters. The van der Waals surface area contributed by atoms with Crippen molar-refractivity contribution in [3.8, 4) is 17.1 Å². The summed E-state index contributed by atoms with van der Waals surface area (Å²) < 4.78 is 4.03. The maximum Gasteiger partial charge on any atom is 0.178 e. The lowest BCUT2D eigenvalue weighted by molar-refractivity contribution is 0.101. The van der Waals surface area contributed by atoms with Crippen LogP contribution in [-0.4, -0.2) is 24.7 Å². The Hall–Kier alpha value is -3.73. The summed E-state index contributed by atoms with van der Waals surface area (Å²) in [6, 6.07) is 20.4. The SMILES string of the molecule is CC(=O)c1cnc2ccc(-n3c(-c4cccc(C)n4)cc4ccccc43)cn12. The maximum atomic E-state index is 12.0. The van der Waals surface area contributed by atoms with Gasteiger partial charge in [0.05, 0.1) is 28.8 Å². The number of benzene rings is 1. The molecule has 0 saturated carbocycles. The van der Waals surface area contributed by atoms with Crippen LogP contribution in [0.3, 0.4) is 0 Å². The summed E-state index contributed by atoms with van der Waals surface area (Å²) in [7, 11) is 0. The largest absolute Gasteiger partial charge is 0.306 e. The van der Waals surface area contributed by atoms with Gasteiger partial charge in [-0.1, -0.05) is 24.3 Å². The normalized spacial score (nSPS) is 11.4. The molecule has 0 radical (unpaired) electrons. The van der Waals surface area contributed by atoms with E-state index >= 15 is 0 Å². The molecule has 0 atom stereocenters. The van der Waals surface area contributed by atoms with Crippen molar-refractivity contribution in [2.24, 2.45) is 0 Å². The van der Waals surface area contributed by atoms with E-state index in [2.05, 4.69) is 27.8 Å². The van der Waals surface area contributed by atoms with E-state index in [-0.39, 0.29) is 5.78 Å². The van der Waals surface area contributed by atoms with Crippen molar-refractivity contribution in [2.75, 3.05) is 0 Å². The lowest BCUT2D eigenvalue weighted by Gasteiger charge is -2.12. The number of imidazole rings is 1. The molecule has 0 spiro atoms. The molecule has 0 amide bonds. The molecule has 5 rings (SSSR count). The molecule has 5 nitrogen and oxygen atoms in total. The van der Waals surface area contributed by atoms with E-state index in [0.29, 0.717) is 5.69 Å². The van der Waals surface area contributed by atoms with Crippen LogP contribution in [0.25, 0.3) is 33.6 Å². The molecule has 0 saturated heterocycles. The lowest BCUT2D eigenvalue weighted by atomic mass is 10.2. The number of aromatic nitrogens is 4. The fraction of sp³-hybridized carbons (Fsp3) is 0.0870. The summed E-state index contributed by atoms with van der Waals surface area (Å²) in [6.07, 6.45) is 3.59. The Morgan fingerprint density at radius 2 is 1.86 bits per heavy atom. The van der Waals surface area contributed by atoms with Crippen LogP contribution in [0.5, 0.6) is 0 Å². The Balaban J connectivity index is 1.83. The molecule has 0 bridgehead atoms. The van der Waals surface area contributed by atoms with Crippen LogP contribution in [0.2, 0.25) is 0 Å². The van der Waals surface area contributed by atoms with Gasteiger partial charge in [0.25, 0.3) is 0 Å². The minimum absolute atomic E-state index is 0.0115. The molecule has 136 valence electrons. The molecule has 0 aliphatic heterocycles. The molecular weight excluding hydrogens is 348 g/mol. The molecule has 5 heteroatoms. The van der Waals surface area contributed by atoms with Gasteiger partial charge in [0.2, 0.25) is 0 Å². The Morgan fingerprint density at radius 1 is 1.00 bits per heavy atom. The van der Waals surface area contributed by atoms with Gasteiger partial charge < -0.3 is 4.57 Å². The zero-order chi connectivity index (χ0) is 19.3. The second-order valence-electron chi connectivity index (χ2n) is 6.90. The van der Waals surface area contributed by atoms with Gasteiger partial charge in [0, 0.05) is 24.2 Å². The van der Waals surface area contributed by atoms with Crippen LogP contribution in [0.4, 0.5) is 0 Å². The van der Waals surface area contributed by atoms with Crippen LogP contribution in [-0.2, 0) is 0 Å². The first-order chi connectivity index (χ1) is 13.6. The number of carbonyl (C=O) groups is 1. The van der Waals surface area contributed by atoms with Crippen molar-refractivity contribution in [1.29, 1.82) is 0 Å². The van der Waals surface area contributed by atoms with Crippen molar-refractivity contribution in [2.45, 2.75) is 13.8 Å². The van der Waals surface area contributed by atoms with Gasteiger partial charge in [-0.3, -0.25) is 14.2 Å². The first-order valence-electron chi connectivity index (χ1n) is 9.15. The van der Waals surface area contributed by atoms with E-state index in [1.807, 2.05) is 60.0 Å². The van der Waals surface area contributed by atoms with Crippen LogP contribution in [0.15, 0.2) is 73.1 Å². The highest BCUT2D eigenvalue weighted by molar-refractivity contribution is 5.93. The van der Waals surface area contributed by atoms with Crippen molar-refractivity contribution in [1.82, 2.24) is 18.9 Å². The van der Waals surface area contributed by atoms with Gasteiger partial charge in [0.15, 0.2) is 5.78 Å². The molecule has 4 aromatic heterocycles. The highest BCUT2D eigenvalue weighted by atomic mass is 16.1. The number of rotatable bonds is 3. The third-order valence-corrected chi connectivity index (χ3v) is 4.97. The zero-order valence-electron chi connectivity index (χ0n) is 15.6. The highest BCUT2D eigenvalue weighted by Gasteiger charge is 2.15. The van der Waals surface area contributed by atoms with Crippen molar-refractivity contribution in [3.63, 3.8) is 0 Å². The number of hydrogen-bond donors (Lipinski definition) is 0. The Bertz CT molecular complexity index is 1360. The third kappa shape index (κ3) is 2.52. The van der Waals surface area contributed by atoms with Crippen molar-refractivity contribution >= 4 is 22.3 Å². The van der Waals surface area contributed by atoms with E-state index in [0.717, 1.165) is 39.3 Å². The predicted octanol–water partition coefficient (Wildman–Crippen LogP) is 4.85. The molecule has 0 aliphatic carbocycles. The number of hydrogen-bond acceptors (Lipinski definition) is 3. The van der Waals surface area contributed by atoms with Gasteiger partial charge >= 0.3 is 0 Å². The average molecular weight is 366 g/mol. The van der Waals surface area contributed by atoms with E-state index in [4.69, 9.17) is 4.98 Å². The molecule has 4 heterocycles. The topological polar surface area (TPSA) is 52.2 Å². The van der Waals surface area contributed by atoms with E-state index in [9.17, 15) is 4.79 Å². The number of pyridine rings is 2. The number of ketones is 1. The van der Waals surface area contributed by atoms with E-state index in [1.165, 1.54) is 0 Å². The summed E-state index contributed by atoms with van der Waals surface area (Å²) in [5.74, 6) is -0.0115. The number of aryl methyl sites for hydroxylation is 1. The molecule has 28 heavy (non-hydrogen) atoms. The number of fused-ring (bicyclic) bond motifs is 2. The monoisotopic (exact) mass is 366 g/mol.